The second-order valence-electron chi connectivity index (χ2n) is 3.40. The average molecular weight is 191 g/mol. The van der Waals surface area contributed by atoms with Crippen LogP contribution >= 0.6 is 0 Å². The maximum absolute atomic E-state index is 10.8. The number of nitrogens with one attached hydrogen (secondary N) is 1. The first kappa shape index (κ1) is 8.99. The van der Waals surface area contributed by atoms with Crippen molar-refractivity contribution in [1.82, 2.24) is 4.98 Å². The Hall–Kier alpha value is -1.58. The number of anilines is 2. The van der Waals surface area contributed by atoms with Gasteiger partial charge in [-0.25, -0.2) is 4.98 Å². The third-order valence-electron chi connectivity index (χ3n) is 2.22. The van der Waals surface area contributed by atoms with Crippen LogP contribution in [-0.4, -0.2) is 24.0 Å². The van der Waals surface area contributed by atoms with Crippen LogP contribution in [0.3, 0.4) is 0 Å². The highest BCUT2D eigenvalue weighted by Gasteiger charge is 2.15. The molecule has 0 bridgehead atoms. The molecule has 0 aromatic carbocycles. The van der Waals surface area contributed by atoms with Crippen molar-refractivity contribution >= 4 is 17.5 Å². The number of nitrogens with zero attached hydrogens (tertiary/aromatic N) is 2. The maximum Gasteiger partial charge on any atom is 0.222 e. The van der Waals surface area contributed by atoms with Gasteiger partial charge in [0.15, 0.2) is 0 Å². The van der Waals surface area contributed by atoms with Crippen molar-refractivity contribution in [3.63, 3.8) is 0 Å². The summed E-state index contributed by atoms with van der Waals surface area (Å²) in [5, 5.41) is 2.67. The lowest BCUT2D eigenvalue weighted by atomic mass is 10.2. The summed E-state index contributed by atoms with van der Waals surface area (Å²) in [5.74, 6) is 1.49. The van der Waals surface area contributed by atoms with Crippen molar-refractivity contribution in [3.05, 3.63) is 18.2 Å². The van der Waals surface area contributed by atoms with Gasteiger partial charge in [-0.3, -0.25) is 4.79 Å². The van der Waals surface area contributed by atoms with E-state index < -0.39 is 0 Å². The second kappa shape index (κ2) is 3.65. The standard InChI is InChI=1S/C10H13N3O/c1-8(14)11-9-4-2-5-10(12-9)13-6-3-7-13/h2,4-5H,3,6-7H2,1H3,(H,11,12,14). The number of hydrogen-bond donors (Lipinski definition) is 1. The summed E-state index contributed by atoms with van der Waals surface area (Å²) in [6, 6.07) is 5.67. The molecule has 1 aliphatic heterocycles. The minimum Gasteiger partial charge on any atom is -0.356 e. The molecule has 1 aliphatic rings. The van der Waals surface area contributed by atoms with Gasteiger partial charge in [0.1, 0.15) is 11.6 Å². The quantitative estimate of drug-likeness (QED) is 0.765. The summed E-state index contributed by atoms with van der Waals surface area (Å²) in [4.78, 5) is 17.3. The van der Waals surface area contributed by atoms with Crippen LogP contribution in [0.15, 0.2) is 18.2 Å². The Labute approximate surface area is 82.9 Å². The predicted octanol–water partition coefficient (Wildman–Crippen LogP) is 1.25. The lowest BCUT2D eigenvalue weighted by molar-refractivity contribution is -0.114. The van der Waals surface area contributed by atoms with E-state index in [1.807, 2.05) is 12.1 Å². The molecular weight excluding hydrogens is 178 g/mol. The molecule has 2 rings (SSSR count). The third-order valence-corrected chi connectivity index (χ3v) is 2.22. The van der Waals surface area contributed by atoms with E-state index in [1.54, 1.807) is 6.07 Å². The first-order chi connectivity index (χ1) is 6.75. The number of rotatable bonds is 2. The summed E-state index contributed by atoms with van der Waals surface area (Å²) in [6.45, 7) is 3.62. The topological polar surface area (TPSA) is 45.2 Å². The van der Waals surface area contributed by atoms with Crippen molar-refractivity contribution in [2.45, 2.75) is 13.3 Å². The van der Waals surface area contributed by atoms with Gasteiger partial charge in [0.25, 0.3) is 0 Å². The molecule has 74 valence electrons. The fraction of sp³-hybridized carbons (Fsp3) is 0.400. The molecule has 0 saturated carbocycles. The van der Waals surface area contributed by atoms with Crippen molar-refractivity contribution < 1.29 is 4.79 Å². The number of carbonyl (C=O) groups excluding carboxylic acids is 1. The van der Waals surface area contributed by atoms with Crippen LogP contribution in [0.2, 0.25) is 0 Å². The van der Waals surface area contributed by atoms with Crippen molar-refractivity contribution in [2.24, 2.45) is 0 Å². The van der Waals surface area contributed by atoms with Gasteiger partial charge < -0.3 is 10.2 Å². The summed E-state index contributed by atoms with van der Waals surface area (Å²) >= 11 is 0. The lowest BCUT2D eigenvalue weighted by Crippen LogP contribution is -2.37. The Bertz CT molecular complexity index is 347. The van der Waals surface area contributed by atoms with Gasteiger partial charge in [-0.2, -0.15) is 0 Å². The van der Waals surface area contributed by atoms with E-state index in [0.717, 1.165) is 18.9 Å². The summed E-state index contributed by atoms with van der Waals surface area (Å²) in [5.41, 5.74) is 0. The molecule has 1 saturated heterocycles. The van der Waals surface area contributed by atoms with E-state index in [9.17, 15) is 4.79 Å². The van der Waals surface area contributed by atoms with Crippen LogP contribution in [0.4, 0.5) is 11.6 Å². The first-order valence-electron chi connectivity index (χ1n) is 4.75. The molecular formula is C10H13N3O. The minimum absolute atomic E-state index is 0.0849. The molecule has 0 atom stereocenters. The molecule has 4 nitrogen and oxygen atoms in total. The van der Waals surface area contributed by atoms with Gasteiger partial charge in [-0.05, 0) is 18.6 Å². The number of amides is 1. The molecule has 1 aromatic rings. The van der Waals surface area contributed by atoms with Gasteiger partial charge in [-0.15, -0.1) is 0 Å². The van der Waals surface area contributed by atoms with E-state index in [2.05, 4.69) is 15.2 Å². The molecule has 0 unspecified atom stereocenters. The minimum atomic E-state index is -0.0849. The fourth-order valence-corrected chi connectivity index (χ4v) is 1.39. The van der Waals surface area contributed by atoms with Crippen molar-refractivity contribution in [2.75, 3.05) is 23.3 Å². The third kappa shape index (κ3) is 1.84. The van der Waals surface area contributed by atoms with Crippen LogP contribution < -0.4 is 10.2 Å². The van der Waals surface area contributed by atoms with E-state index in [0.29, 0.717) is 5.82 Å². The number of pyridine rings is 1. The molecule has 0 aliphatic carbocycles. The fourth-order valence-electron chi connectivity index (χ4n) is 1.39. The Morgan fingerprint density at radius 1 is 1.50 bits per heavy atom. The summed E-state index contributed by atoms with van der Waals surface area (Å²) in [6.07, 6.45) is 1.23. The van der Waals surface area contributed by atoms with Crippen LogP contribution in [0.25, 0.3) is 0 Å². The molecule has 1 aromatic heterocycles. The maximum atomic E-state index is 10.8. The Morgan fingerprint density at radius 2 is 2.29 bits per heavy atom. The van der Waals surface area contributed by atoms with Crippen LogP contribution in [0.5, 0.6) is 0 Å². The smallest absolute Gasteiger partial charge is 0.222 e. The van der Waals surface area contributed by atoms with E-state index in [-0.39, 0.29) is 5.91 Å². The largest absolute Gasteiger partial charge is 0.356 e. The van der Waals surface area contributed by atoms with Crippen molar-refractivity contribution in [3.8, 4) is 0 Å². The molecule has 1 fully saturated rings. The highest BCUT2D eigenvalue weighted by Crippen LogP contribution is 2.19. The Kier molecular flexibility index (Phi) is 2.35. The highest BCUT2D eigenvalue weighted by atomic mass is 16.1. The summed E-state index contributed by atoms with van der Waals surface area (Å²) < 4.78 is 0. The van der Waals surface area contributed by atoms with Gasteiger partial charge in [0.2, 0.25) is 5.91 Å². The number of aromatic nitrogens is 1. The Morgan fingerprint density at radius 3 is 2.86 bits per heavy atom. The van der Waals surface area contributed by atoms with Crippen molar-refractivity contribution in [1.29, 1.82) is 0 Å². The van der Waals surface area contributed by atoms with E-state index in [4.69, 9.17) is 0 Å². The predicted molar refractivity (Wildman–Crippen MR) is 55.4 cm³/mol. The summed E-state index contributed by atoms with van der Waals surface area (Å²) in [7, 11) is 0. The molecule has 0 spiro atoms. The number of carbonyl (C=O) groups is 1. The number of hydrogen-bond acceptors (Lipinski definition) is 3. The van der Waals surface area contributed by atoms with Gasteiger partial charge in [-0.1, -0.05) is 6.07 Å². The SMILES string of the molecule is CC(=O)Nc1cccc(N2CCC2)n1. The molecule has 1 N–H and O–H groups in total. The first-order valence-corrected chi connectivity index (χ1v) is 4.75. The molecule has 4 heteroatoms. The zero-order chi connectivity index (χ0) is 9.97. The average Bonchev–Trinajstić information content (AvgIpc) is 1.99. The zero-order valence-electron chi connectivity index (χ0n) is 8.16. The van der Waals surface area contributed by atoms with Gasteiger partial charge in [0, 0.05) is 20.0 Å². The lowest BCUT2D eigenvalue weighted by Gasteiger charge is -2.32. The Balaban J connectivity index is 2.13. The van der Waals surface area contributed by atoms with Crippen LogP contribution in [0.1, 0.15) is 13.3 Å². The molecule has 1 amide bonds. The zero-order valence-corrected chi connectivity index (χ0v) is 8.16. The molecule has 14 heavy (non-hydrogen) atoms. The van der Waals surface area contributed by atoms with E-state index in [1.165, 1.54) is 13.3 Å². The van der Waals surface area contributed by atoms with Crippen LogP contribution in [-0.2, 0) is 4.79 Å². The van der Waals surface area contributed by atoms with Gasteiger partial charge in [0.05, 0.1) is 0 Å². The highest BCUT2D eigenvalue weighted by molar-refractivity contribution is 5.87. The molecule has 2 heterocycles. The normalized spacial score (nSPS) is 14.8. The molecule has 0 radical (unpaired) electrons. The monoisotopic (exact) mass is 191 g/mol. The van der Waals surface area contributed by atoms with E-state index >= 15 is 0 Å². The van der Waals surface area contributed by atoms with Gasteiger partial charge >= 0.3 is 0 Å². The van der Waals surface area contributed by atoms with Crippen LogP contribution in [0, 0.1) is 0 Å². The second-order valence-corrected chi connectivity index (χ2v) is 3.40.